The molecule has 0 aromatic carbocycles. The van der Waals surface area contributed by atoms with Gasteiger partial charge in [0.2, 0.25) is 0 Å². The number of nitrogens with zero attached hydrogens (tertiary/aromatic N) is 2. The van der Waals surface area contributed by atoms with Crippen molar-refractivity contribution in [1.82, 2.24) is 15.0 Å². The minimum atomic E-state index is -0.855. The Hall–Kier alpha value is -1.82. The van der Waals surface area contributed by atoms with Gasteiger partial charge >= 0.3 is 5.97 Å². The number of aliphatic carboxylic acids is 1. The molecule has 2 aromatic rings. The molecule has 2 heterocycles. The molecular weight excluding hydrogens is 226 g/mol. The minimum Gasteiger partial charge on any atom is -0.481 e. The van der Waals surface area contributed by atoms with Crippen LogP contribution in [0.3, 0.4) is 0 Å². The van der Waals surface area contributed by atoms with E-state index in [1.807, 2.05) is 12.1 Å². The van der Waals surface area contributed by atoms with E-state index in [9.17, 15) is 4.79 Å². The van der Waals surface area contributed by atoms with E-state index < -0.39 is 5.97 Å². The Bertz CT molecular complexity index is 484. The van der Waals surface area contributed by atoms with E-state index >= 15 is 0 Å². The molecule has 0 bridgehead atoms. The van der Waals surface area contributed by atoms with Gasteiger partial charge in [0.25, 0.3) is 0 Å². The zero-order valence-electron chi connectivity index (χ0n) is 8.25. The van der Waals surface area contributed by atoms with Crippen LogP contribution in [0.1, 0.15) is 0 Å². The molecule has 0 amide bonds. The van der Waals surface area contributed by atoms with Gasteiger partial charge < -0.3 is 10.1 Å². The first-order valence-corrected chi connectivity index (χ1v) is 5.54. The maximum absolute atomic E-state index is 10.4. The average Bonchev–Trinajstić information content (AvgIpc) is 2.76. The maximum atomic E-state index is 10.4. The predicted molar refractivity (Wildman–Crippen MR) is 60.2 cm³/mol. The second-order valence-corrected chi connectivity index (χ2v) is 3.98. The molecule has 0 radical (unpaired) electrons. The van der Waals surface area contributed by atoms with Crippen molar-refractivity contribution < 1.29 is 9.90 Å². The number of carbonyl (C=O) groups is 1. The fraction of sp³-hybridized carbons (Fsp3) is 0.100. The van der Waals surface area contributed by atoms with Crippen LogP contribution < -0.4 is 0 Å². The molecule has 5 nitrogen and oxygen atoms in total. The van der Waals surface area contributed by atoms with E-state index in [-0.39, 0.29) is 5.75 Å². The van der Waals surface area contributed by atoms with Crippen molar-refractivity contribution in [2.45, 2.75) is 5.16 Å². The molecule has 0 atom stereocenters. The number of hydrogen-bond acceptors (Lipinski definition) is 4. The van der Waals surface area contributed by atoms with Crippen LogP contribution >= 0.6 is 11.8 Å². The third-order valence-electron chi connectivity index (χ3n) is 1.88. The maximum Gasteiger partial charge on any atom is 0.313 e. The Labute approximate surface area is 95.9 Å². The zero-order chi connectivity index (χ0) is 11.4. The molecule has 0 aliphatic carbocycles. The third-order valence-corrected chi connectivity index (χ3v) is 2.75. The molecule has 2 N–H and O–H groups in total. The zero-order valence-corrected chi connectivity index (χ0v) is 9.07. The summed E-state index contributed by atoms with van der Waals surface area (Å²) < 4.78 is 0. The molecule has 0 aliphatic heterocycles. The summed E-state index contributed by atoms with van der Waals surface area (Å²) in [6, 6.07) is 3.72. The highest BCUT2D eigenvalue weighted by atomic mass is 32.2. The molecule has 6 heteroatoms. The number of pyridine rings is 1. The van der Waals surface area contributed by atoms with Crippen molar-refractivity contribution in [2.75, 3.05) is 5.75 Å². The number of aromatic nitrogens is 3. The predicted octanol–water partition coefficient (Wildman–Crippen LogP) is 1.65. The lowest BCUT2D eigenvalue weighted by molar-refractivity contribution is -0.133. The number of H-pyrrole nitrogens is 1. The van der Waals surface area contributed by atoms with Gasteiger partial charge in [-0.2, -0.15) is 0 Å². The molecule has 16 heavy (non-hydrogen) atoms. The van der Waals surface area contributed by atoms with Crippen LogP contribution in [0.5, 0.6) is 0 Å². The van der Waals surface area contributed by atoms with Gasteiger partial charge in [-0.1, -0.05) is 11.8 Å². The summed E-state index contributed by atoms with van der Waals surface area (Å²) in [7, 11) is 0. The number of aromatic amines is 1. The van der Waals surface area contributed by atoms with Gasteiger partial charge in [-0.15, -0.1) is 0 Å². The molecule has 0 saturated carbocycles. The van der Waals surface area contributed by atoms with E-state index in [4.69, 9.17) is 5.11 Å². The molecule has 0 spiro atoms. The normalized spacial score (nSPS) is 10.2. The first-order valence-electron chi connectivity index (χ1n) is 4.55. The quantitative estimate of drug-likeness (QED) is 0.788. The second-order valence-electron chi connectivity index (χ2n) is 3.02. The van der Waals surface area contributed by atoms with Crippen molar-refractivity contribution in [3.8, 4) is 11.3 Å². The summed E-state index contributed by atoms with van der Waals surface area (Å²) in [6.07, 6.45) is 5.07. The fourth-order valence-corrected chi connectivity index (χ4v) is 1.75. The number of carboxylic acids is 1. The number of nitrogens with one attached hydrogen (secondary N) is 1. The number of thioether (sulfide) groups is 1. The highest BCUT2D eigenvalue weighted by Crippen LogP contribution is 2.20. The first-order chi connectivity index (χ1) is 7.75. The van der Waals surface area contributed by atoms with Crippen LogP contribution in [0.4, 0.5) is 0 Å². The van der Waals surface area contributed by atoms with Crippen LogP contribution in [-0.2, 0) is 4.79 Å². The van der Waals surface area contributed by atoms with Crippen LogP contribution in [0, 0.1) is 0 Å². The van der Waals surface area contributed by atoms with Crippen LogP contribution in [-0.4, -0.2) is 31.8 Å². The fourth-order valence-electron chi connectivity index (χ4n) is 1.18. The lowest BCUT2D eigenvalue weighted by Gasteiger charge is -1.95. The molecule has 2 rings (SSSR count). The minimum absolute atomic E-state index is 0.00327. The Morgan fingerprint density at radius 1 is 1.44 bits per heavy atom. The van der Waals surface area contributed by atoms with Gasteiger partial charge in [-0.3, -0.25) is 9.78 Å². The SMILES string of the molecule is O=C(O)CSc1ncc(-c2ccncc2)[nH]1. The molecular formula is C10H9N3O2S. The number of carboxylic acid groups (broad SMARTS) is 1. The monoisotopic (exact) mass is 235 g/mol. The van der Waals surface area contributed by atoms with E-state index in [1.165, 1.54) is 0 Å². The van der Waals surface area contributed by atoms with E-state index in [1.54, 1.807) is 18.6 Å². The Morgan fingerprint density at radius 2 is 2.19 bits per heavy atom. The van der Waals surface area contributed by atoms with Crippen molar-refractivity contribution in [1.29, 1.82) is 0 Å². The van der Waals surface area contributed by atoms with Crippen molar-refractivity contribution in [3.63, 3.8) is 0 Å². The van der Waals surface area contributed by atoms with Gasteiger partial charge in [0.05, 0.1) is 17.6 Å². The smallest absolute Gasteiger partial charge is 0.313 e. The van der Waals surface area contributed by atoms with Crippen LogP contribution in [0.2, 0.25) is 0 Å². The average molecular weight is 235 g/mol. The van der Waals surface area contributed by atoms with Gasteiger partial charge in [0, 0.05) is 18.0 Å². The summed E-state index contributed by atoms with van der Waals surface area (Å²) in [5, 5.41) is 9.13. The number of imidazole rings is 1. The molecule has 0 aliphatic rings. The van der Waals surface area contributed by atoms with Gasteiger partial charge in [0.1, 0.15) is 0 Å². The van der Waals surface area contributed by atoms with E-state index in [0.29, 0.717) is 5.16 Å². The molecule has 0 saturated heterocycles. The highest BCUT2D eigenvalue weighted by Gasteiger charge is 2.05. The third kappa shape index (κ3) is 2.60. The number of rotatable bonds is 4. The van der Waals surface area contributed by atoms with E-state index in [0.717, 1.165) is 23.0 Å². The highest BCUT2D eigenvalue weighted by molar-refractivity contribution is 7.99. The van der Waals surface area contributed by atoms with E-state index in [2.05, 4.69) is 15.0 Å². The van der Waals surface area contributed by atoms with Crippen LogP contribution in [0.15, 0.2) is 35.9 Å². The topological polar surface area (TPSA) is 78.9 Å². The Balaban J connectivity index is 2.11. The lowest BCUT2D eigenvalue weighted by Crippen LogP contribution is -1.97. The molecule has 2 aromatic heterocycles. The molecule has 82 valence electrons. The summed E-state index contributed by atoms with van der Waals surface area (Å²) in [5.74, 6) is -0.851. The summed E-state index contributed by atoms with van der Waals surface area (Å²) in [6.45, 7) is 0. The second kappa shape index (κ2) is 4.80. The number of hydrogen-bond donors (Lipinski definition) is 2. The summed E-state index contributed by atoms with van der Waals surface area (Å²) >= 11 is 1.16. The van der Waals surface area contributed by atoms with Gasteiger partial charge in [0.15, 0.2) is 5.16 Å². The van der Waals surface area contributed by atoms with Crippen molar-refractivity contribution in [3.05, 3.63) is 30.7 Å². The first kappa shape index (κ1) is 10.7. The Morgan fingerprint density at radius 3 is 2.88 bits per heavy atom. The van der Waals surface area contributed by atoms with Gasteiger partial charge in [-0.25, -0.2) is 4.98 Å². The van der Waals surface area contributed by atoms with Crippen LogP contribution in [0.25, 0.3) is 11.3 Å². The van der Waals surface area contributed by atoms with Crippen molar-refractivity contribution in [2.24, 2.45) is 0 Å². The molecule has 0 unspecified atom stereocenters. The lowest BCUT2D eigenvalue weighted by atomic mass is 10.2. The largest absolute Gasteiger partial charge is 0.481 e. The van der Waals surface area contributed by atoms with Gasteiger partial charge in [-0.05, 0) is 12.1 Å². The molecule has 0 fully saturated rings. The standard InChI is InChI=1S/C10H9N3O2S/c14-9(15)6-16-10-12-5-8(13-10)7-1-3-11-4-2-7/h1-5H,6H2,(H,12,13)(H,14,15). The van der Waals surface area contributed by atoms with Crippen molar-refractivity contribution >= 4 is 17.7 Å². The Kier molecular flexibility index (Phi) is 3.21. The summed E-state index contributed by atoms with van der Waals surface area (Å²) in [5.41, 5.74) is 1.83. The summed E-state index contributed by atoms with van der Waals surface area (Å²) in [4.78, 5) is 21.4.